The maximum absolute atomic E-state index is 12.2. The Hall–Kier alpha value is -4.21. The molecule has 0 saturated carbocycles. The standard InChI is InChI=1S/C20H19N5O5/c1-29-18-8-5-15(11-19(18)30-2)12-21-22-20(26)17-9-10-24(23-17)13-14-3-6-16(7-4-14)25(27)28/h3-12H,13H2,1-2H3,(H,22,26)/b21-12+. The zero-order chi connectivity index (χ0) is 21.5. The Balaban J connectivity index is 1.59. The quantitative estimate of drug-likeness (QED) is 0.347. The molecular weight excluding hydrogens is 390 g/mol. The summed E-state index contributed by atoms with van der Waals surface area (Å²) in [6.45, 7) is 0.375. The van der Waals surface area contributed by atoms with Crippen LogP contribution in [-0.2, 0) is 6.54 Å². The van der Waals surface area contributed by atoms with Crippen LogP contribution in [0.3, 0.4) is 0 Å². The topological polar surface area (TPSA) is 121 Å². The van der Waals surface area contributed by atoms with Crippen LogP contribution in [0.4, 0.5) is 5.69 Å². The van der Waals surface area contributed by atoms with Crippen LogP contribution in [0.5, 0.6) is 11.5 Å². The van der Waals surface area contributed by atoms with Gasteiger partial charge in [-0.15, -0.1) is 0 Å². The number of benzene rings is 2. The number of amides is 1. The van der Waals surface area contributed by atoms with Crippen molar-refractivity contribution in [1.82, 2.24) is 15.2 Å². The Morgan fingerprint density at radius 2 is 1.90 bits per heavy atom. The number of nitrogens with one attached hydrogen (secondary N) is 1. The second-order valence-electron chi connectivity index (χ2n) is 6.14. The Morgan fingerprint density at radius 1 is 1.17 bits per heavy atom. The summed E-state index contributed by atoms with van der Waals surface area (Å²) in [5, 5.41) is 18.8. The summed E-state index contributed by atoms with van der Waals surface area (Å²) in [5.41, 5.74) is 4.17. The molecule has 30 heavy (non-hydrogen) atoms. The van der Waals surface area contributed by atoms with Crippen molar-refractivity contribution < 1.29 is 19.2 Å². The fraction of sp³-hybridized carbons (Fsp3) is 0.150. The van der Waals surface area contributed by atoms with Crippen LogP contribution in [0.1, 0.15) is 21.6 Å². The molecule has 0 fully saturated rings. The van der Waals surface area contributed by atoms with E-state index >= 15 is 0 Å². The zero-order valence-electron chi connectivity index (χ0n) is 16.3. The number of methoxy groups -OCH3 is 2. The number of non-ortho nitro benzene ring substituents is 1. The molecule has 2 aromatic carbocycles. The third-order valence-electron chi connectivity index (χ3n) is 4.15. The van der Waals surface area contributed by atoms with Gasteiger partial charge in [-0.05, 0) is 35.4 Å². The molecule has 10 nitrogen and oxygen atoms in total. The molecule has 1 N–H and O–H groups in total. The minimum absolute atomic E-state index is 0.0200. The van der Waals surface area contributed by atoms with Gasteiger partial charge in [0.1, 0.15) is 0 Å². The van der Waals surface area contributed by atoms with Crippen LogP contribution in [-0.4, -0.2) is 41.0 Å². The fourth-order valence-electron chi connectivity index (χ4n) is 2.64. The number of hydrogen-bond acceptors (Lipinski definition) is 7. The normalized spacial score (nSPS) is 10.7. The predicted molar refractivity (Wildman–Crippen MR) is 109 cm³/mol. The molecule has 3 rings (SSSR count). The van der Waals surface area contributed by atoms with E-state index in [4.69, 9.17) is 9.47 Å². The van der Waals surface area contributed by atoms with Gasteiger partial charge in [-0.25, -0.2) is 5.43 Å². The van der Waals surface area contributed by atoms with Crippen LogP contribution in [0, 0.1) is 10.1 Å². The van der Waals surface area contributed by atoms with Crippen molar-refractivity contribution in [3.8, 4) is 11.5 Å². The van der Waals surface area contributed by atoms with Gasteiger partial charge in [0, 0.05) is 18.3 Å². The average Bonchev–Trinajstić information content (AvgIpc) is 3.22. The summed E-state index contributed by atoms with van der Waals surface area (Å²) < 4.78 is 12.0. The molecule has 10 heteroatoms. The summed E-state index contributed by atoms with van der Waals surface area (Å²) >= 11 is 0. The number of carbonyl (C=O) groups is 1. The van der Waals surface area contributed by atoms with Crippen LogP contribution in [0.25, 0.3) is 0 Å². The highest BCUT2D eigenvalue weighted by molar-refractivity contribution is 5.93. The highest BCUT2D eigenvalue weighted by Crippen LogP contribution is 2.26. The number of rotatable bonds is 8. The number of aromatic nitrogens is 2. The fourth-order valence-corrected chi connectivity index (χ4v) is 2.64. The number of nitro benzene ring substituents is 1. The lowest BCUT2D eigenvalue weighted by molar-refractivity contribution is -0.384. The second-order valence-corrected chi connectivity index (χ2v) is 6.14. The summed E-state index contributed by atoms with van der Waals surface area (Å²) in [6.07, 6.45) is 3.13. The average molecular weight is 409 g/mol. The van der Waals surface area contributed by atoms with Gasteiger partial charge in [0.2, 0.25) is 0 Å². The summed E-state index contributed by atoms with van der Waals surface area (Å²) in [6, 6.07) is 12.9. The van der Waals surface area contributed by atoms with Gasteiger partial charge in [-0.1, -0.05) is 12.1 Å². The largest absolute Gasteiger partial charge is 0.493 e. The van der Waals surface area contributed by atoms with Crippen molar-refractivity contribution in [3.05, 3.63) is 81.7 Å². The molecular formula is C20H19N5O5. The molecule has 0 atom stereocenters. The molecule has 1 aromatic heterocycles. The molecule has 0 radical (unpaired) electrons. The van der Waals surface area contributed by atoms with Crippen LogP contribution < -0.4 is 14.9 Å². The van der Waals surface area contributed by atoms with Crippen molar-refractivity contribution in [2.75, 3.05) is 14.2 Å². The van der Waals surface area contributed by atoms with E-state index in [1.807, 2.05) is 0 Å². The Morgan fingerprint density at radius 3 is 2.57 bits per heavy atom. The number of nitro groups is 1. The minimum atomic E-state index is -0.464. The molecule has 0 spiro atoms. The van der Waals surface area contributed by atoms with Crippen molar-refractivity contribution in [1.29, 1.82) is 0 Å². The summed E-state index contributed by atoms with van der Waals surface area (Å²) in [5.74, 6) is 0.684. The van der Waals surface area contributed by atoms with Crippen molar-refractivity contribution in [3.63, 3.8) is 0 Å². The number of ether oxygens (including phenoxy) is 2. The highest BCUT2D eigenvalue weighted by Gasteiger charge is 2.10. The molecule has 1 heterocycles. The lowest BCUT2D eigenvalue weighted by Crippen LogP contribution is -2.18. The first-order chi connectivity index (χ1) is 14.5. The first kappa shape index (κ1) is 20.5. The maximum atomic E-state index is 12.2. The molecule has 0 aliphatic heterocycles. The van der Waals surface area contributed by atoms with E-state index in [1.54, 1.807) is 54.4 Å². The van der Waals surface area contributed by atoms with Crippen molar-refractivity contribution >= 4 is 17.8 Å². The lowest BCUT2D eigenvalue weighted by Gasteiger charge is -2.07. The maximum Gasteiger partial charge on any atom is 0.291 e. The number of hydrogen-bond donors (Lipinski definition) is 1. The highest BCUT2D eigenvalue weighted by atomic mass is 16.6. The van der Waals surface area contributed by atoms with E-state index in [0.717, 1.165) is 11.1 Å². The van der Waals surface area contributed by atoms with Gasteiger partial charge in [-0.2, -0.15) is 10.2 Å². The Bertz CT molecular complexity index is 1080. The lowest BCUT2D eigenvalue weighted by atomic mass is 10.2. The first-order valence-corrected chi connectivity index (χ1v) is 8.82. The molecule has 3 aromatic rings. The van der Waals surface area contributed by atoms with Gasteiger partial charge in [-0.3, -0.25) is 19.6 Å². The van der Waals surface area contributed by atoms with Gasteiger partial charge < -0.3 is 9.47 Å². The predicted octanol–water partition coefficient (Wildman–Crippen LogP) is 2.62. The zero-order valence-corrected chi connectivity index (χ0v) is 16.3. The molecule has 1 amide bonds. The van der Waals surface area contributed by atoms with Crippen molar-refractivity contribution in [2.24, 2.45) is 5.10 Å². The number of nitrogens with zero attached hydrogens (tertiary/aromatic N) is 4. The molecule has 0 aliphatic carbocycles. The van der Waals surface area contributed by atoms with Gasteiger partial charge in [0.25, 0.3) is 11.6 Å². The van der Waals surface area contributed by atoms with Crippen LogP contribution in [0.2, 0.25) is 0 Å². The number of hydrazone groups is 1. The van der Waals surface area contributed by atoms with Crippen LogP contribution >= 0.6 is 0 Å². The molecule has 0 unspecified atom stereocenters. The Kier molecular flexibility index (Phi) is 6.38. The summed E-state index contributed by atoms with van der Waals surface area (Å²) in [7, 11) is 3.08. The van der Waals surface area contributed by atoms with E-state index in [9.17, 15) is 14.9 Å². The van der Waals surface area contributed by atoms with Gasteiger partial charge in [0.15, 0.2) is 17.2 Å². The third kappa shape index (κ3) is 4.98. The van der Waals surface area contributed by atoms with E-state index in [0.29, 0.717) is 18.0 Å². The van der Waals surface area contributed by atoms with E-state index in [1.165, 1.54) is 25.5 Å². The number of carbonyl (C=O) groups excluding carboxylic acids is 1. The second kappa shape index (κ2) is 9.32. The summed E-state index contributed by atoms with van der Waals surface area (Å²) in [4.78, 5) is 22.5. The first-order valence-electron chi connectivity index (χ1n) is 8.82. The SMILES string of the molecule is COc1ccc(/C=N/NC(=O)c2ccn(Cc3ccc([N+](=O)[O-])cc3)n2)cc1OC. The monoisotopic (exact) mass is 409 g/mol. The van der Waals surface area contributed by atoms with Gasteiger partial charge in [0.05, 0.1) is 31.9 Å². The van der Waals surface area contributed by atoms with Gasteiger partial charge >= 0.3 is 0 Å². The van der Waals surface area contributed by atoms with E-state index in [2.05, 4.69) is 15.6 Å². The molecule has 0 aliphatic rings. The minimum Gasteiger partial charge on any atom is -0.493 e. The molecule has 154 valence electrons. The Labute approximate surface area is 171 Å². The third-order valence-corrected chi connectivity index (χ3v) is 4.15. The molecule has 0 saturated heterocycles. The smallest absolute Gasteiger partial charge is 0.291 e. The van der Waals surface area contributed by atoms with Crippen LogP contribution in [0.15, 0.2) is 59.8 Å². The molecule has 0 bridgehead atoms. The van der Waals surface area contributed by atoms with Crippen molar-refractivity contribution in [2.45, 2.75) is 6.54 Å². The van der Waals surface area contributed by atoms with E-state index < -0.39 is 10.8 Å². The van der Waals surface area contributed by atoms with E-state index in [-0.39, 0.29) is 11.4 Å².